The summed E-state index contributed by atoms with van der Waals surface area (Å²) in [5.74, 6) is 3.82. The van der Waals surface area contributed by atoms with Crippen molar-refractivity contribution in [1.82, 2.24) is 0 Å². The van der Waals surface area contributed by atoms with Crippen molar-refractivity contribution in [2.45, 2.75) is 449 Å². The van der Waals surface area contributed by atoms with Crippen LogP contribution in [0.5, 0.6) is 0 Å². The summed E-state index contributed by atoms with van der Waals surface area (Å²) in [4.78, 5) is 0. The Morgan fingerprint density at radius 2 is 0.619 bits per heavy atom. The van der Waals surface area contributed by atoms with Gasteiger partial charge < -0.3 is 0 Å². The van der Waals surface area contributed by atoms with Crippen molar-refractivity contribution in [2.24, 2.45) is 40.4 Å². The Morgan fingerprint density at radius 1 is 0.274 bits per heavy atom. The van der Waals surface area contributed by atoms with E-state index in [9.17, 15) is 0 Å². The molecule has 0 saturated heterocycles. The van der Waals surface area contributed by atoms with E-state index in [2.05, 4.69) is 126 Å². The standard InChI is InChI=1S/C84H162/c1-13-25-33-37-40-43-46-50-58-70-82(74-78(62-22-10)66-54-30-18-6)84(76-80(64-24-12)68-56-32-20-8,72-60-52-48-45-42-39-35-27-15-3)83(75-79(63-23-11)67-55-31-19-7,71-59-51-47-44-41-38-34-26-14-2)81(69-57-49-36-28-16-4)73-77(61-21-9)65-53-29-17-5/h46,50,52,59-60,69,71,77-80,82H,13-45,47-49,51,53-58,61-68,70,72-76H2,1-12H3. The van der Waals surface area contributed by atoms with Crippen LogP contribution in [0.4, 0.5) is 0 Å². The van der Waals surface area contributed by atoms with E-state index in [0.29, 0.717) is 5.92 Å². The Balaban J connectivity index is 9.78. The van der Waals surface area contributed by atoms with E-state index in [1.54, 1.807) is 0 Å². The summed E-state index contributed by atoms with van der Waals surface area (Å²) in [5, 5.41) is 0. The molecule has 0 bridgehead atoms. The van der Waals surface area contributed by atoms with Crippen LogP contribution in [0.1, 0.15) is 449 Å². The highest BCUT2D eigenvalue weighted by Gasteiger charge is 2.56. The summed E-state index contributed by atoms with van der Waals surface area (Å²) < 4.78 is 0. The van der Waals surface area contributed by atoms with Gasteiger partial charge in [0.25, 0.3) is 0 Å². The number of hydrogen-bond acceptors (Lipinski definition) is 0. The minimum atomic E-state index is 0.0246. The van der Waals surface area contributed by atoms with Crippen LogP contribution in [-0.2, 0) is 0 Å². The first-order valence-electron chi connectivity index (χ1n) is 39.9. The maximum atomic E-state index is 3.20. The number of hydrogen-bond donors (Lipinski definition) is 0. The molecule has 0 N–H and O–H groups in total. The van der Waals surface area contributed by atoms with Crippen molar-refractivity contribution in [3.8, 4) is 0 Å². The second-order valence-corrected chi connectivity index (χ2v) is 28.6. The SMILES string of the molecule is CCCCCCC=C(CC(CCC)CCCCC)C(C=CCCCCCCCCC)(CC(CCC)CCCCC)C(CC=CCCCCCCCC)(CC(CCC)CCCCC)C(CCC=CCCCCCCC)CC(CCC)CCCCC. The predicted molar refractivity (Wildman–Crippen MR) is 389 cm³/mol. The second-order valence-electron chi connectivity index (χ2n) is 28.6. The minimum Gasteiger partial charge on any atom is -0.0885 e. The molecule has 0 aromatic heterocycles. The molecule has 84 heavy (non-hydrogen) atoms. The molecule has 0 spiro atoms. The van der Waals surface area contributed by atoms with Gasteiger partial charge in [-0.05, 0) is 131 Å². The Hall–Kier alpha value is -1.04. The zero-order valence-corrected chi connectivity index (χ0v) is 60.7. The summed E-state index contributed by atoms with van der Waals surface area (Å²) in [7, 11) is 0. The van der Waals surface area contributed by atoms with E-state index < -0.39 is 0 Å². The fraction of sp³-hybridized carbons (Fsp3) is 0.905. The first kappa shape index (κ1) is 83.0. The molecule has 7 unspecified atom stereocenters. The highest BCUT2D eigenvalue weighted by Crippen LogP contribution is 2.65. The normalized spacial score (nSPS) is 15.8. The lowest BCUT2D eigenvalue weighted by atomic mass is 9.45. The molecule has 0 aliphatic rings. The average molecular weight is 1170 g/mol. The Morgan fingerprint density at radius 3 is 1.10 bits per heavy atom. The molecule has 7 atom stereocenters. The van der Waals surface area contributed by atoms with Gasteiger partial charge in [-0.15, -0.1) is 0 Å². The van der Waals surface area contributed by atoms with Crippen LogP contribution in [0.3, 0.4) is 0 Å². The average Bonchev–Trinajstić information content (AvgIpc) is 1.03. The molecule has 0 amide bonds. The van der Waals surface area contributed by atoms with Gasteiger partial charge in [0.05, 0.1) is 0 Å². The summed E-state index contributed by atoms with van der Waals surface area (Å²) in [6, 6.07) is 0. The maximum Gasteiger partial charge on any atom is 0.0156 e. The minimum absolute atomic E-state index is 0.0246. The molecule has 0 aromatic rings. The lowest BCUT2D eigenvalue weighted by Gasteiger charge is -2.59. The molecule has 0 aliphatic heterocycles. The lowest BCUT2D eigenvalue weighted by Crippen LogP contribution is -2.50. The van der Waals surface area contributed by atoms with Crippen molar-refractivity contribution < 1.29 is 0 Å². The van der Waals surface area contributed by atoms with Gasteiger partial charge in [-0.25, -0.2) is 0 Å². The van der Waals surface area contributed by atoms with Crippen LogP contribution in [-0.4, -0.2) is 0 Å². The van der Waals surface area contributed by atoms with Gasteiger partial charge in [0.15, 0.2) is 0 Å². The van der Waals surface area contributed by atoms with Crippen molar-refractivity contribution in [3.05, 3.63) is 48.1 Å². The van der Waals surface area contributed by atoms with E-state index >= 15 is 0 Å². The van der Waals surface area contributed by atoms with Crippen LogP contribution < -0.4 is 0 Å². The first-order valence-corrected chi connectivity index (χ1v) is 39.9. The van der Waals surface area contributed by atoms with E-state index in [0.717, 1.165) is 23.7 Å². The smallest absolute Gasteiger partial charge is 0.0156 e. The van der Waals surface area contributed by atoms with Gasteiger partial charge in [0.2, 0.25) is 0 Å². The largest absolute Gasteiger partial charge is 0.0885 e. The molecule has 0 heterocycles. The van der Waals surface area contributed by atoms with Crippen LogP contribution in [0.2, 0.25) is 0 Å². The molecule has 0 nitrogen and oxygen atoms in total. The molecule has 0 saturated carbocycles. The van der Waals surface area contributed by atoms with Gasteiger partial charge in [-0.2, -0.15) is 0 Å². The fourth-order valence-corrected chi connectivity index (χ4v) is 15.9. The highest BCUT2D eigenvalue weighted by atomic mass is 14.6. The molecular formula is C84H162. The lowest BCUT2D eigenvalue weighted by molar-refractivity contribution is -0.0271. The van der Waals surface area contributed by atoms with E-state index in [1.165, 1.54) is 366 Å². The summed E-state index contributed by atoms with van der Waals surface area (Å²) in [6.07, 6.45) is 98.8. The Bertz CT molecular complexity index is 1420. The van der Waals surface area contributed by atoms with Crippen molar-refractivity contribution in [2.75, 3.05) is 0 Å². The summed E-state index contributed by atoms with van der Waals surface area (Å²) in [6.45, 7) is 29.6. The van der Waals surface area contributed by atoms with Gasteiger partial charge >= 0.3 is 0 Å². The molecule has 0 radical (unpaired) electrons. The van der Waals surface area contributed by atoms with Crippen LogP contribution >= 0.6 is 0 Å². The van der Waals surface area contributed by atoms with Crippen molar-refractivity contribution in [3.63, 3.8) is 0 Å². The summed E-state index contributed by atoms with van der Waals surface area (Å²) >= 11 is 0. The summed E-state index contributed by atoms with van der Waals surface area (Å²) in [5.41, 5.74) is 2.15. The molecule has 0 fully saturated rings. The fourth-order valence-electron chi connectivity index (χ4n) is 15.9. The number of unbranched alkanes of at least 4 members (excludes halogenated alkanes) is 30. The van der Waals surface area contributed by atoms with Crippen molar-refractivity contribution >= 4 is 0 Å². The second kappa shape index (κ2) is 62.2. The van der Waals surface area contributed by atoms with Crippen LogP contribution in [0.15, 0.2) is 48.1 Å². The van der Waals surface area contributed by atoms with E-state index in [-0.39, 0.29) is 10.8 Å². The first-order chi connectivity index (χ1) is 41.3. The van der Waals surface area contributed by atoms with E-state index in [1.807, 2.05) is 5.57 Å². The number of allylic oxidation sites excluding steroid dienone is 8. The third-order valence-corrected chi connectivity index (χ3v) is 20.8. The molecule has 0 rings (SSSR count). The van der Waals surface area contributed by atoms with Gasteiger partial charge in [-0.3, -0.25) is 0 Å². The van der Waals surface area contributed by atoms with Gasteiger partial charge in [0.1, 0.15) is 0 Å². The third-order valence-electron chi connectivity index (χ3n) is 20.8. The quantitative estimate of drug-likeness (QED) is 0.0421. The van der Waals surface area contributed by atoms with Crippen LogP contribution in [0.25, 0.3) is 0 Å². The highest BCUT2D eigenvalue weighted by molar-refractivity contribution is 5.31. The predicted octanol–water partition coefficient (Wildman–Crippen LogP) is 31.1. The van der Waals surface area contributed by atoms with Gasteiger partial charge in [-0.1, -0.05) is 401 Å². The Labute approximate surface area is 534 Å². The van der Waals surface area contributed by atoms with E-state index in [4.69, 9.17) is 0 Å². The zero-order valence-electron chi connectivity index (χ0n) is 60.7. The zero-order chi connectivity index (χ0) is 61.7. The molecule has 498 valence electrons. The monoisotopic (exact) mass is 1170 g/mol. The van der Waals surface area contributed by atoms with Crippen LogP contribution in [0, 0.1) is 40.4 Å². The Kier molecular flexibility index (Phi) is 61.4. The molecule has 0 aromatic carbocycles. The molecule has 0 aliphatic carbocycles. The third kappa shape index (κ3) is 41.3. The maximum absolute atomic E-state index is 3.20. The van der Waals surface area contributed by atoms with Crippen molar-refractivity contribution in [1.29, 1.82) is 0 Å². The molecule has 0 heteroatoms. The number of rotatable bonds is 67. The van der Waals surface area contributed by atoms with Gasteiger partial charge in [0, 0.05) is 5.41 Å². The topological polar surface area (TPSA) is 0 Å². The molecular weight excluding hydrogens is 1010 g/mol.